The third-order valence-electron chi connectivity index (χ3n) is 3.94. The minimum atomic E-state index is -0.361. The van der Waals surface area contributed by atoms with Gasteiger partial charge in [-0.2, -0.15) is 0 Å². The first-order valence-corrected chi connectivity index (χ1v) is 7.36. The summed E-state index contributed by atoms with van der Waals surface area (Å²) in [5, 5.41) is 2.64. The van der Waals surface area contributed by atoms with E-state index in [0.717, 1.165) is 24.1 Å². The van der Waals surface area contributed by atoms with Crippen molar-refractivity contribution >= 4 is 6.09 Å². The van der Waals surface area contributed by atoms with E-state index in [1.54, 1.807) is 4.90 Å². The number of nitrogens with one attached hydrogen (secondary N) is 1. The minimum absolute atomic E-state index is 0.227. The number of carbonyl (C=O) groups is 1. The summed E-state index contributed by atoms with van der Waals surface area (Å²) in [4.78, 5) is 24.8. The summed E-state index contributed by atoms with van der Waals surface area (Å²) >= 11 is 0. The Labute approximate surface area is 127 Å². The van der Waals surface area contributed by atoms with Gasteiger partial charge in [0.2, 0.25) is 0 Å². The van der Waals surface area contributed by atoms with E-state index in [4.69, 9.17) is 9.26 Å². The second-order valence-electron chi connectivity index (χ2n) is 5.42. The Morgan fingerprint density at radius 3 is 2.64 bits per heavy atom. The molecule has 1 aliphatic heterocycles. The lowest BCUT2D eigenvalue weighted by Crippen LogP contribution is -2.38. The zero-order valence-corrected chi connectivity index (χ0v) is 12.2. The topological polar surface area (TPSA) is 75.5 Å². The zero-order chi connectivity index (χ0) is 15.4. The monoisotopic (exact) mass is 302 g/mol. The summed E-state index contributed by atoms with van der Waals surface area (Å²) in [6.45, 7) is 1.52. The van der Waals surface area contributed by atoms with Gasteiger partial charge in [-0.05, 0) is 18.4 Å². The first-order chi connectivity index (χ1) is 10.7. The second-order valence-corrected chi connectivity index (χ2v) is 5.42. The van der Waals surface area contributed by atoms with Crippen LogP contribution in [0, 0.1) is 0 Å². The maximum absolute atomic E-state index is 12.0. The molecule has 1 N–H and O–H groups in total. The predicted molar refractivity (Wildman–Crippen MR) is 79.5 cm³/mol. The molecule has 6 nitrogen and oxygen atoms in total. The first kappa shape index (κ1) is 14.4. The highest BCUT2D eigenvalue weighted by Gasteiger charge is 2.26. The minimum Gasteiger partial charge on any atom is -0.445 e. The second kappa shape index (κ2) is 6.51. The number of piperidine rings is 1. The average molecular weight is 302 g/mol. The molecule has 2 heterocycles. The van der Waals surface area contributed by atoms with Gasteiger partial charge in [0.05, 0.1) is 5.69 Å². The number of aromatic amines is 1. The molecule has 22 heavy (non-hydrogen) atoms. The average Bonchev–Trinajstić information content (AvgIpc) is 3.00. The van der Waals surface area contributed by atoms with Gasteiger partial charge < -0.3 is 14.2 Å². The van der Waals surface area contributed by atoms with Crippen LogP contribution >= 0.6 is 0 Å². The molecule has 1 saturated heterocycles. The van der Waals surface area contributed by atoms with Crippen molar-refractivity contribution in [1.29, 1.82) is 0 Å². The van der Waals surface area contributed by atoms with E-state index in [0.29, 0.717) is 13.1 Å². The van der Waals surface area contributed by atoms with E-state index >= 15 is 0 Å². The van der Waals surface area contributed by atoms with Crippen molar-refractivity contribution in [2.75, 3.05) is 13.1 Å². The molecular weight excluding hydrogens is 284 g/mol. The van der Waals surface area contributed by atoms with E-state index in [1.807, 2.05) is 30.3 Å². The molecule has 6 heteroatoms. The Bertz CT molecular complexity index is 669. The highest BCUT2D eigenvalue weighted by molar-refractivity contribution is 5.67. The summed E-state index contributed by atoms with van der Waals surface area (Å²) in [6.07, 6.45) is 1.29. The number of hydrogen-bond donors (Lipinski definition) is 1. The predicted octanol–water partition coefficient (Wildman–Crippen LogP) is 2.48. The molecule has 2 aromatic rings. The van der Waals surface area contributed by atoms with Crippen LogP contribution in [0.5, 0.6) is 0 Å². The highest BCUT2D eigenvalue weighted by atomic mass is 16.6. The molecule has 0 unspecified atom stereocenters. The lowest BCUT2D eigenvalue weighted by Gasteiger charge is -2.30. The third-order valence-corrected chi connectivity index (χ3v) is 3.94. The van der Waals surface area contributed by atoms with Crippen molar-refractivity contribution in [1.82, 2.24) is 10.1 Å². The molecule has 1 aromatic heterocycles. The van der Waals surface area contributed by atoms with Gasteiger partial charge in [0, 0.05) is 25.1 Å². The Balaban J connectivity index is 1.48. The maximum atomic E-state index is 12.0. The Morgan fingerprint density at radius 2 is 2.00 bits per heavy atom. The van der Waals surface area contributed by atoms with E-state index in [1.165, 1.54) is 6.07 Å². The van der Waals surface area contributed by atoms with E-state index in [2.05, 4.69) is 5.16 Å². The van der Waals surface area contributed by atoms with Gasteiger partial charge in [-0.15, -0.1) is 0 Å². The molecule has 0 atom stereocenters. The van der Waals surface area contributed by atoms with Crippen molar-refractivity contribution in [3.63, 3.8) is 0 Å². The Kier molecular flexibility index (Phi) is 4.27. The summed E-state index contributed by atoms with van der Waals surface area (Å²) in [5.41, 5.74) is 1.42. The number of likely N-dealkylation sites (tertiary alicyclic amines) is 1. The fourth-order valence-electron chi connectivity index (χ4n) is 2.68. The number of ether oxygens (including phenoxy) is 1. The highest BCUT2D eigenvalue weighted by Crippen LogP contribution is 2.26. The molecule has 116 valence electrons. The number of benzene rings is 1. The van der Waals surface area contributed by atoms with Crippen molar-refractivity contribution in [2.45, 2.75) is 25.4 Å². The standard InChI is InChI=1S/C16H18N2O4/c19-15-10-14(17-22-15)13-6-8-18(9-7-13)16(20)21-11-12-4-2-1-3-5-12/h1-5,10,13,17H,6-9,11H2. The van der Waals surface area contributed by atoms with Gasteiger partial charge in [-0.1, -0.05) is 30.3 Å². The van der Waals surface area contributed by atoms with E-state index in [-0.39, 0.29) is 24.2 Å². The molecule has 0 saturated carbocycles. The van der Waals surface area contributed by atoms with E-state index < -0.39 is 0 Å². The van der Waals surface area contributed by atoms with Crippen LogP contribution in [0.25, 0.3) is 0 Å². The van der Waals surface area contributed by atoms with Gasteiger partial charge in [-0.3, -0.25) is 0 Å². The zero-order valence-electron chi connectivity index (χ0n) is 12.2. The van der Waals surface area contributed by atoms with E-state index in [9.17, 15) is 9.59 Å². The van der Waals surface area contributed by atoms with Gasteiger partial charge in [0.1, 0.15) is 6.61 Å². The van der Waals surface area contributed by atoms with Crippen LogP contribution in [-0.2, 0) is 11.3 Å². The SMILES string of the molecule is O=C(OCc1ccccc1)N1CCC(c2cc(=O)o[nH]2)CC1. The summed E-state index contributed by atoms with van der Waals surface area (Å²) in [5.74, 6) is 0.227. The normalized spacial score (nSPS) is 15.7. The molecule has 1 fully saturated rings. The number of carbonyl (C=O) groups excluding carboxylic acids is 1. The lowest BCUT2D eigenvalue weighted by atomic mass is 9.94. The third kappa shape index (κ3) is 3.39. The quantitative estimate of drug-likeness (QED) is 0.945. The molecule has 3 rings (SSSR count). The number of hydrogen-bond acceptors (Lipinski definition) is 4. The molecule has 1 amide bonds. The molecule has 1 aromatic carbocycles. The Hall–Kier alpha value is -2.50. The number of rotatable bonds is 3. The molecule has 0 aliphatic carbocycles. The van der Waals surface area contributed by atoms with Crippen LogP contribution in [0.3, 0.4) is 0 Å². The van der Waals surface area contributed by atoms with Gasteiger partial charge in [0.15, 0.2) is 0 Å². The summed E-state index contributed by atoms with van der Waals surface area (Å²) in [6, 6.07) is 11.1. The van der Waals surface area contributed by atoms with Crippen LogP contribution in [-0.4, -0.2) is 29.2 Å². The molecule has 1 aliphatic rings. The van der Waals surface area contributed by atoms with Crippen LogP contribution in [0.4, 0.5) is 4.79 Å². The van der Waals surface area contributed by atoms with Gasteiger partial charge in [0.25, 0.3) is 0 Å². The van der Waals surface area contributed by atoms with Crippen LogP contribution in [0.15, 0.2) is 45.7 Å². The van der Waals surface area contributed by atoms with Gasteiger partial charge in [-0.25, -0.2) is 14.7 Å². The molecule has 0 bridgehead atoms. The number of aromatic nitrogens is 1. The van der Waals surface area contributed by atoms with Crippen molar-refractivity contribution in [3.05, 3.63) is 58.1 Å². The number of H-pyrrole nitrogens is 1. The molecule has 0 radical (unpaired) electrons. The van der Waals surface area contributed by atoms with Gasteiger partial charge >= 0.3 is 11.7 Å². The lowest BCUT2D eigenvalue weighted by molar-refractivity contribution is 0.0867. The van der Waals surface area contributed by atoms with Crippen molar-refractivity contribution in [3.8, 4) is 0 Å². The largest absolute Gasteiger partial charge is 0.445 e. The number of amides is 1. The fraction of sp³-hybridized carbons (Fsp3) is 0.375. The summed E-state index contributed by atoms with van der Waals surface area (Å²) in [7, 11) is 0. The smallest absolute Gasteiger partial charge is 0.410 e. The van der Waals surface area contributed by atoms with Crippen molar-refractivity contribution in [2.24, 2.45) is 0 Å². The molecular formula is C16H18N2O4. The van der Waals surface area contributed by atoms with Crippen LogP contribution in [0.1, 0.15) is 30.0 Å². The van der Waals surface area contributed by atoms with Crippen molar-refractivity contribution < 1.29 is 14.1 Å². The number of nitrogens with zero attached hydrogens (tertiary/aromatic N) is 1. The fourth-order valence-corrected chi connectivity index (χ4v) is 2.68. The summed E-state index contributed by atoms with van der Waals surface area (Å²) < 4.78 is 10.0. The Morgan fingerprint density at radius 1 is 1.27 bits per heavy atom. The maximum Gasteiger partial charge on any atom is 0.410 e. The van der Waals surface area contributed by atoms with Crippen LogP contribution < -0.4 is 5.63 Å². The van der Waals surface area contributed by atoms with Crippen LogP contribution in [0.2, 0.25) is 0 Å². The first-order valence-electron chi connectivity index (χ1n) is 7.36. The molecule has 0 spiro atoms.